The van der Waals surface area contributed by atoms with Crippen LogP contribution in [0.3, 0.4) is 0 Å². The van der Waals surface area contributed by atoms with Crippen molar-refractivity contribution in [3.05, 3.63) is 60.4 Å². The van der Waals surface area contributed by atoms with Crippen LogP contribution in [0.2, 0.25) is 0 Å². The summed E-state index contributed by atoms with van der Waals surface area (Å²) in [5.74, 6) is 0.261. The van der Waals surface area contributed by atoms with Crippen LogP contribution >= 0.6 is 0 Å². The molecule has 3 rings (SSSR count). The smallest absolute Gasteiger partial charge is 0.308 e. The largest absolute Gasteiger partial charge is 0.425 e. The Kier molecular flexibility index (Phi) is 3.72. The Morgan fingerprint density at radius 1 is 0.957 bits per heavy atom. The molecule has 0 saturated heterocycles. The first-order valence-corrected chi connectivity index (χ1v) is 7.74. The summed E-state index contributed by atoms with van der Waals surface area (Å²) >= 11 is 0. The van der Waals surface area contributed by atoms with E-state index < -0.39 is 0 Å². The minimum Gasteiger partial charge on any atom is -0.425 e. The van der Waals surface area contributed by atoms with Crippen molar-refractivity contribution >= 4 is 11.5 Å². The molecule has 3 heteroatoms. The van der Waals surface area contributed by atoms with Gasteiger partial charge in [0, 0.05) is 24.7 Å². The number of aromatic nitrogens is 1. The Morgan fingerprint density at radius 2 is 1.61 bits per heavy atom. The summed E-state index contributed by atoms with van der Waals surface area (Å²) in [5.41, 5.74) is 4.77. The zero-order valence-corrected chi connectivity index (χ0v) is 14.0. The molecule has 0 amide bonds. The van der Waals surface area contributed by atoms with E-state index in [0.29, 0.717) is 5.75 Å². The molecule has 0 spiro atoms. The van der Waals surface area contributed by atoms with E-state index >= 15 is 0 Å². The maximum Gasteiger partial charge on any atom is 0.308 e. The molecule has 0 atom stereocenters. The average molecular weight is 307 g/mol. The number of carbonyl (C=O) groups is 1. The van der Waals surface area contributed by atoms with Gasteiger partial charge in [0.1, 0.15) is 5.75 Å². The number of pyridine rings is 1. The summed E-state index contributed by atoms with van der Waals surface area (Å²) in [5, 5.41) is 0. The predicted octanol–water partition coefficient (Wildman–Crippen LogP) is 4.83. The van der Waals surface area contributed by atoms with Gasteiger partial charge in [-0.3, -0.25) is 4.79 Å². The molecule has 0 fully saturated rings. The van der Waals surface area contributed by atoms with Crippen LogP contribution in [0.25, 0.3) is 16.6 Å². The third-order valence-electron chi connectivity index (χ3n) is 3.91. The molecular formula is C20H21NO2. The van der Waals surface area contributed by atoms with Crippen LogP contribution in [-0.4, -0.2) is 10.4 Å². The van der Waals surface area contributed by atoms with E-state index in [4.69, 9.17) is 4.74 Å². The fourth-order valence-corrected chi connectivity index (χ4v) is 2.64. The zero-order chi connectivity index (χ0) is 16.6. The Bertz CT molecular complexity index is 851. The van der Waals surface area contributed by atoms with Crippen LogP contribution in [0.4, 0.5) is 0 Å². The van der Waals surface area contributed by atoms with Gasteiger partial charge in [-0.15, -0.1) is 0 Å². The Morgan fingerprint density at radius 3 is 2.22 bits per heavy atom. The van der Waals surface area contributed by atoms with Gasteiger partial charge >= 0.3 is 5.97 Å². The molecule has 118 valence electrons. The highest BCUT2D eigenvalue weighted by Crippen LogP contribution is 2.27. The fourth-order valence-electron chi connectivity index (χ4n) is 2.64. The minimum atomic E-state index is -0.307. The van der Waals surface area contributed by atoms with Crippen molar-refractivity contribution < 1.29 is 9.53 Å². The molecule has 0 aliphatic rings. The van der Waals surface area contributed by atoms with Gasteiger partial charge in [0.2, 0.25) is 0 Å². The highest BCUT2D eigenvalue weighted by atomic mass is 16.5. The Hall–Kier alpha value is -2.55. The normalized spacial score (nSPS) is 11.7. The first kappa shape index (κ1) is 15.3. The number of esters is 1. The molecule has 0 bridgehead atoms. The van der Waals surface area contributed by atoms with Crippen molar-refractivity contribution in [2.75, 3.05) is 0 Å². The summed E-state index contributed by atoms with van der Waals surface area (Å²) in [6.45, 7) is 8.05. The SMILES string of the molecule is CC(=O)Oc1cc2ccc(-c3ccc(C(C)(C)C)cc3)cn2c1. The lowest BCUT2D eigenvalue weighted by molar-refractivity contribution is -0.131. The molecule has 0 saturated carbocycles. The number of carbonyl (C=O) groups excluding carboxylic acids is 1. The molecule has 23 heavy (non-hydrogen) atoms. The van der Waals surface area contributed by atoms with Crippen LogP contribution in [0.15, 0.2) is 54.9 Å². The summed E-state index contributed by atoms with van der Waals surface area (Å²) < 4.78 is 7.12. The molecule has 0 aliphatic heterocycles. The molecule has 3 nitrogen and oxygen atoms in total. The molecule has 0 N–H and O–H groups in total. The number of hydrogen-bond donors (Lipinski definition) is 0. The molecule has 2 aromatic heterocycles. The monoisotopic (exact) mass is 307 g/mol. The van der Waals surface area contributed by atoms with Gasteiger partial charge < -0.3 is 9.14 Å². The van der Waals surface area contributed by atoms with Crippen molar-refractivity contribution in [3.8, 4) is 16.9 Å². The Balaban J connectivity index is 1.95. The number of hydrogen-bond acceptors (Lipinski definition) is 2. The first-order chi connectivity index (χ1) is 10.8. The van der Waals surface area contributed by atoms with E-state index in [-0.39, 0.29) is 11.4 Å². The summed E-state index contributed by atoms with van der Waals surface area (Å²) in [7, 11) is 0. The van der Waals surface area contributed by atoms with E-state index in [1.807, 2.05) is 22.7 Å². The van der Waals surface area contributed by atoms with E-state index in [2.05, 4.69) is 57.3 Å². The van der Waals surface area contributed by atoms with E-state index in [9.17, 15) is 4.79 Å². The maximum atomic E-state index is 11.1. The van der Waals surface area contributed by atoms with Gasteiger partial charge in [0.25, 0.3) is 0 Å². The molecule has 2 heterocycles. The highest BCUT2D eigenvalue weighted by molar-refractivity contribution is 5.71. The lowest BCUT2D eigenvalue weighted by atomic mass is 9.86. The van der Waals surface area contributed by atoms with E-state index in [1.54, 1.807) is 0 Å². The van der Waals surface area contributed by atoms with Crippen molar-refractivity contribution in [1.82, 2.24) is 4.40 Å². The highest BCUT2D eigenvalue weighted by Gasteiger charge is 2.13. The quantitative estimate of drug-likeness (QED) is 0.635. The average Bonchev–Trinajstić information content (AvgIpc) is 2.86. The van der Waals surface area contributed by atoms with Crippen molar-refractivity contribution in [1.29, 1.82) is 0 Å². The third kappa shape index (κ3) is 3.29. The van der Waals surface area contributed by atoms with E-state index in [1.165, 1.54) is 18.1 Å². The van der Waals surface area contributed by atoms with Gasteiger partial charge in [0.15, 0.2) is 0 Å². The second kappa shape index (κ2) is 5.58. The van der Waals surface area contributed by atoms with Gasteiger partial charge in [-0.1, -0.05) is 51.1 Å². The molecule has 0 radical (unpaired) electrons. The lowest BCUT2D eigenvalue weighted by Crippen LogP contribution is -2.10. The van der Waals surface area contributed by atoms with Gasteiger partial charge in [0.05, 0.1) is 6.20 Å². The second-order valence-corrected chi connectivity index (χ2v) is 6.85. The van der Waals surface area contributed by atoms with Crippen LogP contribution in [0.5, 0.6) is 5.75 Å². The number of fused-ring (bicyclic) bond motifs is 1. The third-order valence-corrected chi connectivity index (χ3v) is 3.91. The van der Waals surface area contributed by atoms with E-state index in [0.717, 1.165) is 11.1 Å². The summed E-state index contributed by atoms with van der Waals surface area (Å²) in [6.07, 6.45) is 3.87. The molecule has 1 aromatic carbocycles. The number of benzene rings is 1. The zero-order valence-electron chi connectivity index (χ0n) is 14.0. The van der Waals surface area contributed by atoms with Crippen LogP contribution in [-0.2, 0) is 10.2 Å². The van der Waals surface area contributed by atoms with Crippen LogP contribution in [0, 0.1) is 0 Å². The van der Waals surface area contributed by atoms with Crippen LogP contribution < -0.4 is 4.74 Å². The number of ether oxygens (including phenoxy) is 1. The van der Waals surface area contributed by atoms with Crippen molar-refractivity contribution in [3.63, 3.8) is 0 Å². The topological polar surface area (TPSA) is 30.7 Å². The molecular weight excluding hydrogens is 286 g/mol. The van der Waals surface area contributed by atoms with Crippen molar-refractivity contribution in [2.45, 2.75) is 33.1 Å². The maximum absolute atomic E-state index is 11.1. The second-order valence-electron chi connectivity index (χ2n) is 6.85. The summed E-state index contributed by atoms with van der Waals surface area (Å²) in [4.78, 5) is 11.1. The fraction of sp³-hybridized carbons (Fsp3) is 0.250. The number of nitrogens with zero attached hydrogens (tertiary/aromatic N) is 1. The Labute approximate surface area is 136 Å². The van der Waals surface area contributed by atoms with Gasteiger partial charge in [-0.25, -0.2) is 0 Å². The minimum absolute atomic E-state index is 0.155. The summed E-state index contributed by atoms with van der Waals surface area (Å²) in [6, 6.07) is 14.6. The van der Waals surface area contributed by atoms with Gasteiger partial charge in [-0.2, -0.15) is 0 Å². The molecule has 3 aromatic rings. The predicted molar refractivity (Wildman–Crippen MR) is 92.8 cm³/mol. The molecule has 0 aliphatic carbocycles. The number of rotatable bonds is 2. The standard InChI is InChI=1S/C20H21NO2/c1-14(22)23-19-11-18-10-7-16(12-21(18)13-19)15-5-8-17(9-6-15)20(2,3)4/h5-13H,1-4H3. The lowest BCUT2D eigenvalue weighted by Gasteiger charge is -2.19. The first-order valence-electron chi connectivity index (χ1n) is 7.74. The van der Waals surface area contributed by atoms with Gasteiger partial charge in [-0.05, 0) is 28.2 Å². The van der Waals surface area contributed by atoms with Crippen molar-refractivity contribution in [2.24, 2.45) is 0 Å². The van der Waals surface area contributed by atoms with Crippen LogP contribution in [0.1, 0.15) is 33.3 Å². The molecule has 0 unspecified atom stereocenters.